The zero-order valence-corrected chi connectivity index (χ0v) is 10.3. The molecular weight excluding hydrogens is 278 g/mol. The second-order valence-electron chi connectivity index (χ2n) is 3.19. The van der Waals surface area contributed by atoms with E-state index in [0.29, 0.717) is 5.56 Å². The summed E-state index contributed by atoms with van der Waals surface area (Å²) in [6.07, 6.45) is 1.32. The SMILES string of the molecule is Cc1ccccc1C1=NC=C(Br)S1(=O)=O. The lowest BCUT2D eigenvalue weighted by molar-refractivity contribution is 0.615. The molecule has 0 saturated heterocycles. The van der Waals surface area contributed by atoms with Crippen molar-refractivity contribution in [1.82, 2.24) is 0 Å². The molecule has 1 aromatic carbocycles. The van der Waals surface area contributed by atoms with Gasteiger partial charge in [-0.2, -0.15) is 0 Å². The van der Waals surface area contributed by atoms with Gasteiger partial charge in [0, 0.05) is 5.56 Å². The van der Waals surface area contributed by atoms with Crippen LogP contribution in [0.5, 0.6) is 0 Å². The lowest BCUT2D eigenvalue weighted by atomic mass is 10.1. The molecule has 0 fully saturated rings. The van der Waals surface area contributed by atoms with Gasteiger partial charge in [0.1, 0.15) is 3.81 Å². The van der Waals surface area contributed by atoms with Crippen LogP contribution in [-0.2, 0) is 9.84 Å². The van der Waals surface area contributed by atoms with Gasteiger partial charge in [0.15, 0.2) is 5.04 Å². The van der Waals surface area contributed by atoms with Crippen LogP contribution in [0.25, 0.3) is 0 Å². The number of rotatable bonds is 1. The lowest BCUT2D eigenvalue weighted by Crippen LogP contribution is -2.13. The van der Waals surface area contributed by atoms with Crippen LogP contribution in [-0.4, -0.2) is 13.5 Å². The number of hydrogen-bond acceptors (Lipinski definition) is 3. The molecular formula is C10H8BrNO2S. The molecule has 0 saturated carbocycles. The molecule has 0 spiro atoms. The average molecular weight is 286 g/mol. The predicted molar refractivity (Wildman–Crippen MR) is 63.6 cm³/mol. The second-order valence-corrected chi connectivity index (χ2v) is 6.40. The maximum absolute atomic E-state index is 11.8. The van der Waals surface area contributed by atoms with E-state index >= 15 is 0 Å². The number of benzene rings is 1. The zero-order valence-electron chi connectivity index (χ0n) is 7.94. The molecule has 5 heteroatoms. The minimum absolute atomic E-state index is 0.118. The third-order valence-electron chi connectivity index (χ3n) is 2.17. The van der Waals surface area contributed by atoms with Gasteiger partial charge in [-0.05, 0) is 28.4 Å². The molecule has 15 heavy (non-hydrogen) atoms. The molecule has 0 atom stereocenters. The fourth-order valence-electron chi connectivity index (χ4n) is 1.37. The zero-order chi connectivity index (χ0) is 11.1. The second kappa shape index (κ2) is 3.57. The van der Waals surface area contributed by atoms with E-state index in [0.717, 1.165) is 5.56 Å². The van der Waals surface area contributed by atoms with Crippen molar-refractivity contribution in [3.8, 4) is 0 Å². The van der Waals surface area contributed by atoms with Gasteiger partial charge in [0.2, 0.25) is 9.84 Å². The van der Waals surface area contributed by atoms with Crippen molar-refractivity contribution in [1.29, 1.82) is 0 Å². The third-order valence-corrected chi connectivity index (χ3v) is 5.11. The first-order chi connectivity index (χ1) is 7.03. The van der Waals surface area contributed by atoms with Gasteiger partial charge >= 0.3 is 0 Å². The standard InChI is InChI=1S/C10H8BrNO2S/c1-7-4-2-3-5-8(7)10-12-6-9(11)15(10,13)14/h2-6H,1H3. The van der Waals surface area contributed by atoms with Gasteiger partial charge in [0.25, 0.3) is 0 Å². The minimum Gasteiger partial charge on any atom is -0.242 e. The summed E-state index contributed by atoms with van der Waals surface area (Å²) in [6, 6.07) is 7.28. The van der Waals surface area contributed by atoms with Crippen LogP contribution in [0.1, 0.15) is 11.1 Å². The van der Waals surface area contributed by atoms with E-state index < -0.39 is 9.84 Å². The van der Waals surface area contributed by atoms with Crippen LogP contribution >= 0.6 is 15.9 Å². The fraction of sp³-hybridized carbons (Fsp3) is 0.100. The molecule has 1 aliphatic heterocycles. The van der Waals surface area contributed by atoms with E-state index in [9.17, 15) is 8.42 Å². The van der Waals surface area contributed by atoms with E-state index in [-0.39, 0.29) is 8.86 Å². The fourth-order valence-corrected chi connectivity index (χ4v) is 3.02. The van der Waals surface area contributed by atoms with Gasteiger partial charge in [-0.15, -0.1) is 0 Å². The maximum atomic E-state index is 11.8. The summed E-state index contributed by atoms with van der Waals surface area (Å²) < 4.78 is 23.7. The molecule has 2 rings (SSSR count). The first-order valence-electron chi connectivity index (χ1n) is 4.28. The van der Waals surface area contributed by atoms with Gasteiger partial charge in [-0.3, -0.25) is 0 Å². The molecule has 1 aliphatic rings. The van der Waals surface area contributed by atoms with Crippen LogP contribution in [0.2, 0.25) is 0 Å². The van der Waals surface area contributed by atoms with Crippen molar-refractivity contribution in [2.45, 2.75) is 6.92 Å². The summed E-state index contributed by atoms with van der Waals surface area (Å²) in [5.74, 6) is 0. The van der Waals surface area contributed by atoms with Gasteiger partial charge in [-0.25, -0.2) is 13.4 Å². The summed E-state index contributed by atoms with van der Waals surface area (Å²) >= 11 is 2.98. The van der Waals surface area contributed by atoms with Crippen molar-refractivity contribution in [3.05, 3.63) is 45.4 Å². The smallest absolute Gasteiger partial charge is 0.232 e. The molecule has 0 amide bonds. The topological polar surface area (TPSA) is 46.5 Å². The number of halogens is 1. The number of nitrogens with zero attached hydrogens (tertiary/aromatic N) is 1. The highest BCUT2D eigenvalue weighted by Gasteiger charge is 2.29. The molecule has 78 valence electrons. The van der Waals surface area contributed by atoms with E-state index in [2.05, 4.69) is 20.9 Å². The molecule has 0 N–H and O–H groups in total. The Labute approximate surface area is 96.6 Å². The van der Waals surface area contributed by atoms with Crippen LogP contribution in [0, 0.1) is 6.92 Å². The molecule has 0 radical (unpaired) electrons. The number of hydrogen-bond donors (Lipinski definition) is 0. The van der Waals surface area contributed by atoms with Crippen LogP contribution in [0.4, 0.5) is 0 Å². The molecule has 3 nitrogen and oxygen atoms in total. The summed E-state index contributed by atoms with van der Waals surface area (Å²) in [4.78, 5) is 3.92. The highest BCUT2D eigenvalue weighted by molar-refractivity contribution is 9.14. The monoisotopic (exact) mass is 285 g/mol. The Hall–Kier alpha value is -0.940. The molecule has 0 aliphatic carbocycles. The molecule has 0 unspecified atom stereocenters. The third kappa shape index (κ3) is 1.66. The number of aryl methyl sites for hydroxylation is 1. The Balaban J connectivity index is 2.59. The van der Waals surface area contributed by atoms with Crippen molar-refractivity contribution < 1.29 is 8.42 Å². The Morgan fingerprint density at radius 2 is 1.93 bits per heavy atom. The molecule has 0 bridgehead atoms. The van der Waals surface area contributed by atoms with E-state index in [1.54, 1.807) is 12.1 Å². The Kier molecular flexibility index (Phi) is 2.52. The first-order valence-corrected chi connectivity index (χ1v) is 6.55. The van der Waals surface area contributed by atoms with Crippen LogP contribution < -0.4 is 0 Å². The Bertz CT molecular complexity index is 573. The van der Waals surface area contributed by atoms with E-state index in [1.807, 2.05) is 19.1 Å². The Morgan fingerprint density at radius 1 is 1.27 bits per heavy atom. The average Bonchev–Trinajstić information content (AvgIpc) is 2.44. The highest BCUT2D eigenvalue weighted by atomic mass is 79.9. The van der Waals surface area contributed by atoms with Crippen LogP contribution in [0.3, 0.4) is 0 Å². The largest absolute Gasteiger partial charge is 0.242 e. The Morgan fingerprint density at radius 3 is 2.47 bits per heavy atom. The van der Waals surface area contributed by atoms with E-state index in [1.165, 1.54) is 6.20 Å². The quantitative estimate of drug-likeness (QED) is 0.795. The number of sulfone groups is 1. The van der Waals surface area contributed by atoms with Crippen molar-refractivity contribution in [3.63, 3.8) is 0 Å². The normalized spacial score (nSPS) is 18.5. The maximum Gasteiger partial charge on any atom is 0.232 e. The van der Waals surface area contributed by atoms with Gasteiger partial charge in [-0.1, -0.05) is 24.3 Å². The summed E-state index contributed by atoms with van der Waals surface area (Å²) in [6.45, 7) is 1.86. The summed E-state index contributed by atoms with van der Waals surface area (Å²) in [5, 5.41) is 0.118. The van der Waals surface area contributed by atoms with E-state index in [4.69, 9.17) is 0 Å². The molecule has 1 aromatic rings. The van der Waals surface area contributed by atoms with Crippen LogP contribution in [0.15, 0.2) is 39.3 Å². The summed E-state index contributed by atoms with van der Waals surface area (Å²) in [7, 11) is -3.41. The van der Waals surface area contributed by atoms with Crippen molar-refractivity contribution in [2.24, 2.45) is 4.99 Å². The summed E-state index contributed by atoms with van der Waals surface area (Å²) in [5.41, 5.74) is 1.55. The predicted octanol–water partition coefficient (Wildman–Crippen LogP) is 2.36. The highest BCUT2D eigenvalue weighted by Crippen LogP contribution is 2.27. The molecule has 1 heterocycles. The van der Waals surface area contributed by atoms with Gasteiger partial charge in [0.05, 0.1) is 6.20 Å². The van der Waals surface area contributed by atoms with Crippen molar-refractivity contribution in [2.75, 3.05) is 0 Å². The minimum atomic E-state index is -3.41. The number of aliphatic imine (C=N–C) groups is 1. The van der Waals surface area contributed by atoms with Gasteiger partial charge < -0.3 is 0 Å². The lowest BCUT2D eigenvalue weighted by Gasteiger charge is -2.04. The van der Waals surface area contributed by atoms with Crippen molar-refractivity contribution >= 4 is 30.8 Å². The first kappa shape index (κ1) is 10.6. The molecule has 0 aromatic heterocycles.